The standard InChI is InChI=1S/C26H21N3O4/c1-16-13-27-29(14-16)24-11-10-17(25(30)31)12-23(24)28-26(32)33-15-22-20-8-4-2-6-18(20)19-7-3-5-9-21(19)22/h2-14,22H,15H2,1H3,(H,28,32)(H,30,31). The molecule has 7 heteroatoms. The van der Waals surface area contributed by atoms with E-state index < -0.39 is 12.1 Å². The minimum absolute atomic E-state index is 0.0524. The van der Waals surface area contributed by atoms with Crippen molar-refractivity contribution < 1.29 is 19.4 Å². The molecule has 1 aliphatic rings. The van der Waals surface area contributed by atoms with Crippen LogP contribution in [-0.2, 0) is 4.74 Å². The number of rotatable bonds is 5. The Bertz CT molecular complexity index is 1330. The summed E-state index contributed by atoms with van der Waals surface area (Å²) < 4.78 is 7.20. The lowest BCUT2D eigenvalue weighted by molar-refractivity contribution is 0.0696. The Morgan fingerprint density at radius 2 is 1.70 bits per heavy atom. The molecule has 7 nitrogen and oxygen atoms in total. The number of aromatic nitrogens is 2. The number of carboxylic acids is 1. The van der Waals surface area contributed by atoms with Crippen LogP contribution in [0.25, 0.3) is 16.8 Å². The summed E-state index contributed by atoms with van der Waals surface area (Å²) in [5, 5.41) is 16.3. The molecule has 0 aliphatic heterocycles. The summed E-state index contributed by atoms with van der Waals surface area (Å²) in [6.45, 7) is 2.06. The van der Waals surface area contributed by atoms with Crippen LogP contribution in [0.15, 0.2) is 79.1 Å². The third kappa shape index (κ3) is 3.85. The number of benzene rings is 3. The number of aryl methyl sites for hydroxylation is 1. The number of carbonyl (C=O) groups excluding carboxylic acids is 1. The monoisotopic (exact) mass is 439 g/mol. The molecule has 0 atom stereocenters. The second kappa shape index (κ2) is 8.27. The normalized spacial score (nSPS) is 12.2. The van der Waals surface area contributed by atoms with Crippen LogP contribution in [0.1, 0.15) is 33.0 Å². The molecule has 0 spiro atoms. The second-order valence-corrected chi connectivity index (χ2v) is 7.95. The lowest BCUT2D eigenvalue weighted by Crippen LogP contribution is -2.19. The van der Waals surface area contributed by atoms with Gasteiger partial charge in [-0.25, -0.2) is 14.3 Å². The van der Waals surface area contributed by atoms with Crippen molar-refractivity contribution in [3.63, 3.8) is 0 Å². The Morgan fingerprint density at radius 3 is 2.30 bits per heavy atom. The van der Waals surface area contributed by atoms with Crippen LogP contribution in [0.4, 0.5) is 10.5 Å². The van der Waals surface area contributed by atoms with Crippen molar-refractivity contribution in [1.82, 2.24) is 9.78 Å². The highest BCUT2D eigenvalue weighted by atomic mass is 16.5. The fourth-order valence-corrected chi connectivity index (χ4v) is 4.26. The van der Waals surface area contributed by atoms with Crippen LogP contribution in [0, 0.1) is 6.92 Å². The Morgan fingerprint density at radius 1 is 1.03 bits per heavy atom. The van der Waals surface area contributed by atoms with E-state index >= 15 is 0 Å². The number of nitrogens with zero attached hydrogens (tertiary/aromatic N) is 2. The van der Waals surface area contributed by atoms with Gasteiger partial charge in [-0.2, -0.15) is 5.10 Å². The predicted molar refractivity (Wildman–Crippen MR) is 124 cm³/mol. The predicted octanol–water partition coefficient (Wildman–Crippen LogP) is 5.24. The molecule has 0 bridgehead atoms. The van der Waals surface area contributed by atoms with Gasteiger partial charge in [0.1, 0.15) is 6.61 Å². The SMILES string of the molecule is Cc1cnn(-c2ccc(C(=O)O)cc2NC(=O)OCC2c3ccccc3-c3ccccc32)c1. The molecule has 5 rings (SSSR count). The minimum atomic E-state index is -1.09. The van der Waals surface area contributed by atoms with Gasteiger partial charge in [0, 0.05) is 12.1 Å². The smallest absolute Gasteiger partial charge is 0.411 e. The highest BCUT2D eigenvalue weighted by molar-refractivity contribution is 5.93. The summed E-state index contributed by atoms with van der Waals surface area (Å²) in [5.41, 5.74) is 6.36. The number of carboxylic acid groups (broad SMARTS) is 1. The maximum absolute atomic E-state index is 12.8. The van der Waals surface area contributed by atoms with Crippen molar-refractivity contribution in [3.8, 4) is 16.8 Å². The Labute approximate surface area is 190 Å². The molecule has 3 aromatic carbocycles. The fraction of sp³-hybridized carbons (Fsp3) is 0.115. The summed E-state index contributed by atoms with van der Waals surface area (Å²) in [7, 11) is 0. The zero-order chi connectivity index (χ0) is 22.9. The van der Waals surface area contributed by atoms with Crippen LogP contribution in [-0.4, -0.2) is 33.6 Å². The van der Waals surface area contributed by atoms with Gasteiger partial charge in [0.25, 0.3) is 0 Å². The van der Waals surface area contributed by atoms with Gasteiger partial charge in [0.15, 0.2) is 0 Å². The van der Waals surface area contributed by atoms with Crippen molar-refractivity contribution in [2.45, 2.75) is 12.8 Å². The number of hydrogen-bond acceptors (Lipinski definition) is 4. The van der Waals surface area contributed by atoms with E-state index in [0.29, 0.717) is 11.4 Å². The number of fused-ring (bicyclic) bond motifs is 3. The third-order valence-corrected chi connectivity index (χ3v) is 5.78. The van der Waals surface area contributed by atoms with E-state index in [9.17, 15) is 14.7 Å². The lowest BCUT2D eigenvalue weighted by atomic mass is 9.98. The number of anilines is 1. The maximum atomic E-state index is 12.8. The quantitative estimate of drug-likeness (QED) is 0.444. The van der Waals surface area contributed by atoms with Crippen molar-refractivity contribution in [2.24, 2.45) is 0 Å². The van der Waals surface area contributed by atoms with Gasteiger partial charge in [-0.3, -0.25) is 5.32 Å². The van der Waals surface area contributed by atoms with Crippen LogP contribution in [0.5, 0.6) is 0 Å². The van der Waals surface area contributed by atoms with Gasteiger partial charge in [-0.1, -0.05) is 48.5 Å². The van der Waals surface area contributed by atoms with Crippen LogP contribution in [0.3, 0.4) is 0 Å². The molecule has 1 amide bonds. The van der Waals surface area contributed by atoms with Crippen molar-refractivity contribution in [3.05, 3.63) is 101 Å². The van der Waals surface area contributed by atoms with E-state index in [2.05, 4.69) is 34.7 Å². The summed E-state index contributed by atoms with van der Waals surface area (Å²) in [6.07, 6.45) is 2.81. The second-order valence-electron chi connectivity index (χ2n) is 7.95. The molecule has 0 unspecified atom stereocenters. The number of nitrogens with one attached hydrogen (secondary N) is 1. The van der Waals surface area contributed by atoms with Crippen LogP contribution in [0.2, 0.25) is 0 Å². The highest BCUT2D eigenvalue weighted by Crippen LogP contribution is 2.44. The van der Waals surface area contributed by atoms with E-state index in [1.54, 1.807) is 23.1 Å². The van der Waals surface area contributed by atoms with Gasteiger partial charge in [0.2, 0.25) is 0 Å². The average Bonchev–Trinajstić information content (AvgIpc) is 3.39. The van der Waals surface area contributed by atoms with Gasteiger partial charge in [0.05, 0.1) is 23.1 Å². The van der Waals surface area contributed by atoms with E-state index in [0.717, 1.165) is 27.8 Å². The summed E-state index contributed by atoms with van der Waals surface area (Å²) in [6, 6.07) is 20.7. The number of carbonyl (C=O) groups is 2. The number of ether oxygens (including phenoxy) is 1. The number of hydrogen-bond donors (Lipinski definition) is 2. The number of aromatic carboxylic acids is 1. The molecule has 33 heavy (non-hydrogen) atoms. The van der Waals surface area contributed by atoms with Crippen LogP contribution >= 0.6 is 0 Å². The topological polar surface area (TPSA) is 93.5 Å². The van der Waals surface area contributed by atoms with Crippen LogP contribution < -0.4 is 5.32 Å². The first-order valence-corrected chi connectivity index (χ1v) is 10.5. The molecule has 0 radical (unpaired) electrons. The molecule has 1 heterocycles. The Kier molecular flexibility index (Phi) is 5.14. The third-order valence-electron chi connectivity index (χ3n) is 5.78. The molecule has 0 saturated heterocycles. The molecular weight excluding hydrogens is 418 g/mol. The van der Waals surface area contributed by atoms with Crippen molar-refractivity contribution in [1.29, 1.82) is 0 Å². The largest absolute Gasteiger partial charge is 0.478 e. The molecule has 0 fully saturated rings. The van der Waals surface area contributed by atoms with Gasteiger partial charge in [-0.05, 0) is 52.9 Å². The van der Waals surface area contributed by atoms with Gasteiger partial charge >= 0.3 is 12.1 Å². The van der Waals surface area contributed by atoms with E-state index in [-0.39, 0.29) is 18.1 Å². The first-order chi connectivity index (χ1) is 16.0. The first kappa shape index (κ1) is 20.5. The molecule has 1 aliphatic carbocycles. The van der Waals surface area contributed by atoms with Crippen molar-refractivity contribution >= 4 is 17.7 Å². The molecule has 2 N–H and O–H groups in total. The summed E-state index contributed by atoms with van der Waals surface area (Å²) in [4.78, 5) is 24.2. The summed E-state index contributed by atoms with van der Waals surface area (Å²) >= 11 is 0. The van der Waals surface area contributed by atoms with Gasteiger partial charge < -0.3 is 9.84 Å². The molecular formula is C26H21N3O4. The summed E-state index contributed by atoms with van der Waals surface area (Å²) in [5.74, 6) is -1.16. The number of amides is 1. The molecule has 1 aromatic heterocycles. The van der Waals surface area contributed by atoms with Gasteiger partial charge in [-0.15, -0.1) is 0 Å². The maximum Gasteiger partial charge on any atom is 0.411 e. The minimum Gasteiger partial charge on any atom is -0.478 e. The van der Waals surface area contributed by atoms with E-state index in [1.807, 2.05) is 31.2 Å². The fourth-order valence-electron chi connectivity index (χ4n) is 4.26. The molecule has 164 valence electrons. The first-order valence-electron chi connectivity index (χ1n) is 10.5. The Balaban J connectivity index is 1.38. The van der Waals surface area contributed by atoms with E-state index in [4.69, 9.17) is 4.74 Å². The lowest BCUT2D eigenvalue weighted by Gasteiger charge is -2.16. The molecule has 0 saturated carbocycles. The van der Waals surface area contributed by atoms with Crippen molar-refractivity contribution in [2.75, 3.05) is 11.9 Å². The zero-order valence-corrected chi connectivity index (χ0v) is 17.9. The molecule has 4 aromatic rings. The average molecular weight is 439 g/mol. The highest BCUT2D eigenvalue weighted by Gasteiger charge is 2.29. The Hall–Kier alpha value is -4.39. The van der Waals surface area contributed by atoms with E-state index in [1.165, 1.54) is 12.1 Å². The zero-order valence-electron chi connectivity index (χ0n) is 17.9.